The van der Waals surface area contributed by atoms with Crippen LogP contribution < -0.4 is 14.2 Å². The molecule has 12 heteroatoms. The zero-order valence-electron chi connectivity index (χ0n) is 21.1. The maximum absolute atomic E-state index is 14.4. The number of pyridine rings is 1. The molecule has 39 heavy (non-hydrogen) atoms. The van der Waals surface area contributed by atoms with Crippen LogP contribution in [0.3, 0.4) is 0 Å². The van der Waals surface area contributed by atoms with Crippen molar-refractivity contribution < 1.29 is 22.5 Å². The molecule has 0 radical (unpaired) electrons. The van der Waals surface area contributed by atoms with Gasteiger partial charge in [0.2, 0.25) is 5.88 Å². The summed E-state index contributed by atoms with van der Waals surface area (Å²) < 4.78 is 57.2. The van der Waals surface area contributed by atoms with Crippen LogP contribution in [0.5, 0.6) is 11.6 Å². The Hall–Kier alpha value is -4.58. The Morgan fingerprint density at radius 2 is 1.95 bits per heavy atom. The number of benzene rings is 2. The molecule has 9 nitrogen and oxygen atoms in total. The molecular weight excluding hydrogens is 526 g/mol. The van der Waals surface area contributed by atoms with Crippen LogP contribution in [0.4, 0.5) is 14.5 Å². The first-order valence-corrected chi connectivity index (χ1v) is 13.5. The van der Waals surface area contributed by atoms with Crippen LogP contribution in [-0.2, 0) is 16.3 Å². The lowest BCUT2D eigenvalue weighted by atomic mass is 10.0. The summed E-state index contributed by atoms with van der Waals surface area (Å²) in [6.07, 6.45) is 6.61. The Balaban J connectivity index is 1.53. The van der Waals surface area contributed by atoms with Gasteiger partial charge in [-0.2, -0.15) is 5.10 Å². The average Bonchev–Trinajstić information content (AvgIpc) is 3.42. The van der Waals surface area contributed by atoms with E-state index in [4.69, 9.17) is 9.47 Å². The fourth-order valence-corrected chi connectivity index (χ4v) is 5.31. The maximum atomic E-state index is 14.4. The van der Waals surface area contributed by atoms with Gasteiger partial charge in [-0.3, -0.25) is 4.68 Å². The Morgan fingerprint density at radius 3 is 2.69 bits per heavy atom. The van der Waals surface area contributed by atoms with Gasteiger partial charge in [-0.05, 0) is 54.8 Å². The molecule has 0 saturated heterocycles. The normalized spacial score (nSPS) is 12.7. The van der Waals surface area contributed by atoms with Crippen molar-refractivity contribution in [3.63, 3.8) is 0 Å². The number of aryl methyl sites for hydroxylation is 1. The van der Waals surface area contributed by atoms with E-state index in [-0.39, 0.29) is 16.5 Å². The number of anilines is 1. The van der Waals surface area contributed by atoms with E-state index < -0.39 is 21.3 Å². The maximum Gasteiger partial charge on any atom is 0.238 e. The molecule has 0 fully saturated rings. The van der Waals surface area contributed by atoms with E-state index in [0.29, 0.717) is 36.0 Å². The minimum Gasteiger partial charge on any atom is -0.489 e. The van der Waals surface area contributed by atoms with Gasteiger partial charge in [-0.25, -0.2) is 27.9 Å². The van der Waals surface area contributed by atoms with Crippen LogP contribution in [0.2, 0.25) is 0 Å². The van der Waals surface area contributed by atoms with Gasteiger partial charge in [0.1, 0.15) is 41.5 Å². The number of halogens is 2. The molecule has 5 aromatic rings. The van der Waals surface area contributed by atoms with Crippen molar-refractivity contribution in [2.45, 2.75) is 18.4 Å². The molecule has 0 saturated carbocycles. The van der Waals surface area contributed by atoms with Crippen LogP contribution >= 0.6 is 0 Å². The first kappa shape index (κ1) is 26.0. The Labute approximate surface area is 223 Å². The van der Waals surface area contributed by atoms with E-state index in [1.807, 2.05) is 31.3 Å². The van der Waals surface area contributed by atoms with Crippen molar-refractivity contribution in [1.82, 2.24) is 24.7 Å². The van der Waals surface area contributed by atoms with Gasteiger partial charge < -0.3 is 14.2 Å². The minimum atomic E-state index is -3.44. The summed E-state index contributed by atoms with van der Waals surface area (Å²) in [6.45, 7) is 2.76. The van der Waals surface area contributed by atoms with Crippen LogP contribution in [-0.4, -0.2) is 48.5 Å². The van der Waals surface area contributed by atoms with E-state index in [2.05, 4.69) is 30.6 Å². The second-order valence-corrected chi connectivity index (χ2v) is 10.6. The number of fused-ring (bicyclic) bond motifs is 1. The lowest BCUT2D eigenvalue weighted by Gasteiger charge is -2.17. The number of hydrogen-bond donors (Lipinski definition) is 1. The predicted molar refractivity (Wildman–Crippen MR) is 145 cm³/mol. The fourth-order valence-electron chi connectivity index (χ4n) is 4.04. The third-order valence-corrected chi connectivity index (χ3v) is 7.53. The zero-order valence-corrected chi connectivity index (χ0v) is 21.9. The van der Waals surface area contributed by atoms with Crippen molar-refractivity contribution in [2.75, 3.05) is 18.4 Å². The summed E-state index contributed by atoms with van der Waals surface area (Å²) in [5.74, 6) is 2.55. The van der Waals surface area contributed by atoms with Crippen LogP contribution in [0.15, 0.2) is 72.3 Å². The minimum absolute atomic E-state index is 0.119. The van der Waals surface area contributed by atoms with Gasteiger partial charge >= 0.3 is 0 Å². The van der Waals surface area contributed by atoms with Gasteiger partial charge in [0.15, 0.2) is 0 Å². The van der Waals surface area contributed by atoms with Crippen molar-refractivity contribution >= 4 is 32.2 Å². The first-order valence-electron chi connectivity index (χ1n) is 11.8. The standard InChI is InChI=1S/C27H24F2N6O3S/c1-17-21-11-18(13-24(26(21)32-16-31-17)38-10-9-35-8-4-7-33-35)19-12-23(27(37-2)30-15-19)34-39(3,36)25-6-5-20(28)14-22(25)29/h4-8,11-16H,3,9-10H2,1-2H3,(H,34,36). The summed E-state index contributed by atoms with van der Waals surface area (Å²) in [5, 5.41) is 4.97. The van der Waals surface area contributed by atoms with Gasteiger partial charge in [-0.15, -0.1) is 0 Å². The number of methoxy groups -OCH3 is 1. The summed E-state index contributed by atoms with van der Waals surface area (Å²) >= 11 is 0. The van der Waals surface area contributed by atoms with Crippen LogP contribution in [0.1, 0.15) is 5.69 Å². The van der Waals surface area contributed by atoms with Crippen molar-refractivity contribution in [3.8, 4) is 22.8 Å². The molecule has 0 aliphatic rings. The van der Waals surface area contributed by atoms with Crippen molar-refractivity contribution in [3.05, 3.63) is 84.7 Å². The van der Waals surface area contributed by atoms with E-state index in [0.717, 1.165) is 28.8 Å². The van der Waals surface area contributed by atoms with E-state index in [1.54, 1.807) is 23.1 Å². The summed E-state index contributed by atoms with van der Waals surface area (Å²) in [5.41, 5.74) is 2.96. The topological polar surface area (TPSA) is 104 Å². The number of rotatable bonds is 9. The largest absolute Gasteiger partial charge is 0.489 e. The van der Waals surface area contributed by atoms with Crippen LogP contribution in [0, 0.1) is 18.6 Å². The summed E-state index contributed by atoms with van der Waals surface area (Å²) in [7, 11) is -2.04. The smallest absolute Gasteiger partial charge is 0.238 e. The summed E-state index contributed by atoms with van der Waals surface area (Å²) in [4.78, 5) is 12.8. The molecule has 200 valence electrons. The molecule has 1 atom stereocenters. The van der Waals surface area contributed by atoms with Gasteiger partial charge in [-0.1, -0.05) is 0 Å². The van der Waals surface area contributed by atoms with Gasteiger partial charge in [0, 0.05) is 41.3 Å². The average molecular weight is 551 g/mol. The Bertz CT molecular complexity index is 1760. The Morgan fingerprint density at radius 1 is 1.10 bits per heavy atom. The second-order valence-electron chi connectivity index (χ2n) is 8.58. The van der Waals surface area contributed by atoms with E-state index in [9.17, 15) is 13.0 Å². The highest BCUT2D eigenvalue weighted by atomic mass is 32.2. The number of nitrogens with zero attached hydrogens (tertiary/aromatic N) is 5. The molecular formula is C27H24F2N6O3S. The quantitative estimate of drug-likeness (QED) is 0.266. The highest BCUT2D eigenvalue weighted by Crippen LogP contribution is 2.35. The Kier molecular flexibility index (Phi) is 7.11. The number of aromatic nitrogens is 5. The van der Waals surface area contributed by atoms with E-state index >= 15 is 0 Å². The second kappa shape index (κ2) is 10.7. The SMILES string of the molecule is C=S(=O)(Nc1cc(-c2cc(OCCn3cccn3)c3ncnc(C)c3c2)cnc1OC)c1ccc(F)cc1F. The fraction of sp³-hybridized carbons (Fsp3) is 0.148. The number of hydrogen-bond acceptors (Lipinski definition) is 7. The molecule has 0 amide bonds. The lowest BCUT2D eigenvalue weighted by molar-refractivity contribution is 0.294. The third-order valence-electron chi connectivity index (χ3n) is 5.94. The lowest BCUT2D eigenvalue weighted by Crippen LogP contribution is -2.15. The molecule has 0 bridgehead atoms. The molecule has 0 aliphatic heterocycles. The molecule has 5 rings (SSSR count). The first-order chi connectivity index (χ1) is 18.7. The number of ether oxygens (including phenoxy) is 2. The molecule has 3 aromatic heterocycles. The highest BCUT2D eigenvalue weighted by molar-refractivity contribution is 8.01. The zero-order chi connectivity index (χ0) is 27.6. The van der Waals surface area contributed by atoms with Crippen molar-refractivity contribution in [1.29, 1.82) is 0 Å². The number of nitrogens with one attached hydrogen (secondary N) is 1. The molecule has 0 aliphatic carbocycles. The molecule has 3 heterocycles. The molecule has 1 unspecified atom stereocenters. The molecule has 2 aromatic carbocycles. The molecule has 1 N–H and O–H groups in total. The monoisotopic (exact) mass is 550 g/mol. The predicted octanol–water partition coefficient (Wildman–Crippen LogP) is 4.66. The van der Waals surface area contributed by atoms with Gasteiger partial charge in [0.25, 0.3) is 0 Å². The van der Waals surface area contributed by atoms with Gasteiger partial charge in [0.05, 0.1) is 28.3 Å². The molecule has 0 spiro atoms. The third kappa shape index (κ3) is 5.50. The van der Waals surface area contributed by atoms with Crippen LogP contribution in [0.25, 0.3) is 22.0 Å². The van der Waals surface area contributed by atoms with Crippen molar-refractivity contribution in [2.24, 2.45) is 0 Å². The van der Waals surface area contributed by atoms with E-state index in [1.165, 1.54) is 13.4 Å². The summed E-state index contributed by atoms with van der Waals surface area (Å²) in [6, 6.07) is 9.99. The highest BCUT2D eigenvalue weighted by Gasteiger charge is 2.19.